The molecule has 0 saturated heterocycles. The van der Waals surface area contributed by atoms with Gasteiger partial charge < -0.3 is 15.2 Å². The highest BCUT2D eigenvalue weighted by Gasteiger charge is 2.32. The third-order valence-corrected chi connectivity index (χ3v) is 3.67. The van der Waals surface area contributed by atoms with Crippen LogP contribution in [0.2, 0.25) is 0 Å². The number of halogens is 9. The monoisotopic (exact) mass is 559 g/mol. The lowest BCUT2D eigenvalue weighted by Crippen LogP contribution is -2.17. The number of hydrogen-bond acceptors (Lipinski definition) is 4. The number of ether oxygens (including phenoxy) is 2. The molecule has 13 heteroatoms. The Bertz CT molecular complexity index is 802. The summed E-state index contributed by atoms with van der Waals surface area (Å²) in [7, 11) is 0. The number of carbonyl (C=O) groups excluding carboxylic acids is 1. The molecule has 0 amide bonds. The highest BCUT2D eigenvalue weighted by atomic mass is 79.9. The Balaban J connectivity index is 0.000000504. The summed E-state index contributed by atoms with van der Waals surface area (Å²) in [6, 6.07) is 7.70. The van der Waals surface area contributed by atoms with E-state index in [1.165, 1.54) is 24.3 Å². The first kappa shape index (κ1) is 26.3. The molecule has 0 aliphatic carbocycles. The number of nitrogens with two attached hydrogens (primary N) is 1. The van der Waals surface area contributed by atoms with Crippen molar-refractivity contribution in [2.75, 3.05) is 5.73 Å². The van der Waals surface area contributed by atoms with Crippen LogP contribution in [0.25, 0.3) is 0 Å². The van der Waals surface area contributed by atoms with Gasteiger partial charge in [0.2, 0.25) is 0 Å². The molecule has 2 rings (SSSR count). The summed E-state index contributed by atoms with van der Waals surface area (Å²) in [4.78, 5) is 10.3. The Morgan fingerprint density at radius 2 is 1.39 bits per heavy atom. The Kier molecular flexibility index (Phi) is 10.1. The van der Waals surface area contributed by atoms with E-state index >= 15 is 0 Å². The van der Waals surface area contributed by atoms with Crippen molar-refractivity contribution in [2.45, 2.75) is 12.7 Å². The molecular weight excluding hydrogens is 551 g/mol. The van der Waals surface area contributed by atoms with Gasteiger partial charge in [0.1, 0.15) is 12.0 Å². The predicted molar refractivity (Wildman–Crippen MR) is 98.7 cm³/mol. The smallest absolute Gasteiger partial charge is 0.405 e. The minimum absolute atomic E-state index is 0. The number of anilines is 1. The van der Waals surface area contributed by atoms with E-state index in [1.54, 1.807) is 0 Å². The van der Waals surface area contributed by atoms with Gasteiger partial charge in [0.05, 0.1) is 10.2 Å². The van der Waals surface area contributed by atoms with Gasteiger partial charge in [0.15, 0.2) is 5.75 Å². The Hall–Kier alpha value is -1.66. The zero-order valence-corrected chi connectivity index (χ0v) is 17.3. The second-order valence-corrected chi connectivity index (χ2v) is 6.36. The summed E-state index contributed by atoms with van der Waals surface area (Å²) in [5, 5.41) is 0. The van der Waals surface area contributed by atoms with E-state index in [0.717, 1.165) is 12.1 Å². The van der Waals surface area contributed by atoms with Crippen LogP contribution in [0.1, 0.15) is 10.4 Å². The molecular formula is C15H10Br2ClF6NO3. The summed E-state index contributed by atoms with van der Waals surface area (Å²) in [5.41, 5.74) is 5.31. The molecule has 28 heavy (non-hydrogen) atoms. The zero-order chi connectivity index (χ0) is 20.8. The fourth-order valence-electron chi connectivity index (χ4n) is 1.52. The lowest BCUT2D eigenvalue weighted by molar-refractivity contribution is -0.275. The molecule has 0 atom stereocenters. The number of rotatable bonds is 3. The molecule has 0 radical (unpaired) electrons. The third kappa shape index (κ3) is 10.0. The second-order valence-electron chi connectivity index (χ2n) is 4.59. The third-order valence-electron chi connectivity index (χ3n) is 2.52. The van der Waals surface area contributed by atoms with Crippen molar-refractivity contribution in [3.63, 3.8) is 0 Å². The molecule has 4 nitrogen and oxygen atoms in total. The van der Waals surface area contributed by atoms with Gasteiger partial charge in [-0.25, -0.2) is 0 Å². The van der Waals surface area contributed by atoms with Crippen molar-refractivity contribution < 1.29 is 40.6 Å². The Morgan fingerprint density at radius 1 is 0.857 bits per heavy atom. The maximum atomic E-state index is 11.8. The lowest BCUT2D eigenvalue weighted by Gasteiger charge is -2.10. The molecule has 0 aliphatic rings. The molecule has 2 aromatic carbocycles. The highest BCUT2D eigenvalue weighted by molar-refractivity contribution is 9.10. The van der Waals surface area contributed by atoms with Crippen molar-refractivity contribution in [1.82, 2.24) is 0 Å². The number of carbonyl (C=O) groups is 1. The summed E-state index contributed by atoms with van der Waals surface area (Å²) in [5.74, 6) is -0.830. The van der Waals surface area contributed by atoms with E-state index in [4.69, 9.17) is 5.73 Å². The van der Waals surface area contributed by atoms with Crippen LogP contribution in [0.4, 0.5) is 32.0 Å². The quantitative estimate of drug-likeness (QED) is 0.264. The molecule has 0 spiro atoms. The zero-order valence-electron chi connectivity index (χ0n) is 13.3. The first-order chi connectivity index (χ1) is 12.3. The summed E-state index contributed by atoms with van der Waals surface area (Å²) in [6.07, 6.45) is -9.03. The van der Waals surface area contributed by atoms with Crippen LogP contribution in [0.15, 0.2) is 45.3 Å². The van der Waals surface area contributed by atoms with Crippen LogP contribution >= 0.6 is 44.3 Å². The van der Waals surface area contributed by atoms with Gasteiger partial charge in [-0.15, -0.1) is 38.7 Å². The second kappa shape index (κ2) is 10.8. The molecule has 2 N–H and O–H groups in total. The minimum Gasteiger partial charge on any atom is -0.405 e. The van der Waals surface area contributed by atoms with Crippen LogP contribution in [0, 0.1) is 0 Å². The van der Waals surface area contributed by atoms with Gasteiger partial charge >= 0.3 is 12.7 Å². The Labute approximate surface area is 177 Å². The number of nitrogen functional groups attached to an aromatic ring is 1. The molecule has 0 fully saturated rings. The number of hydrogen-bond donors (Lipinski definition) is 1. The normalized spacial score (nSPS) is 10.9. The van der Waals surface area contributed by atoms with Crippen molar-refractivity contribution in [1.29, 1.82) is 0 Å². The molecule has 0 saturated carbocycles. The van der Waals surface area contributed by atoms with E-state index in [2.05, 4.69) is 41.3 Å². The summed E-state index contributed by atoms with van der Waals surface area (Å²) >= 11 is 5.87. The minimum atomic E-state index is -4.76. The molecule has 0 heterocycles. The molecule has 0 unspecified atom stereocenters. The number of benzene rings is 2. The van der Waals surface area contributed by atoms with Gasteiger partial charge in [-0.3, -0.25) is 4.79 Å². The maximum Gasteiger partial charge on any atom is 0.573 e. The Morgan fingerprint density at radius 3 is 1.89 bits per heavy atom. The highest BCUT2D eigenvalue weighted by Crippen LogP contribution is 2.31. The van der Waals surface area contributed by atoms with E-state index in [0.29, 0.717) is 10.8 Å². The van der Waals surface area contributed by atoms with Crippen molar-refractivity contribution >= 4 is 56.2 Å². The lowest BCUT2D eigenvalue weighted by atomic mass is 10.2. The van der Waals surface area contributed by atoms with E-state index in [-0.39, 0.29) is 28.1 Å². The van der Waals surface area contributed by atoms with E-state index < -0.39 is 24.2 Å². The SMILES string of the molecule is Cl.Nc1ccc(Br)cc1OC(F)(F)F.O=Cc1ccc(Br)c(OC(F)(F)F)c1. The maximum absolute atomic E-state index is 11.8. The largest absolute Gasteiger partial charge is 0.573 e. The van der Waals surface area contributed by atoms with Gasteiger partial charge in [0, 0.05) is 10.0 Å². The van der Waals surface area contributed by atoms with Gasteiger partial charge in [-0.05, 0) is 46.3 Å². The predicted octanol–water partition coefficient (Wildman–Crippen LogP) is 6.51. The standard InChI is InChI=1S/C8H4BrF3O2.C7H5BrF3NO.ClH/c9-6-2-1-5(4-13)3-7(6)14-8(10,11)12;8-4-1-2-5(12)6(3-4)13-7(9,10)11;/h1-4H;1-3H,12H2;1H. The molecule has 0 aromatic heterocycles. The summed E-state index contributed by atoms with van der Waals surface area (Å²) in [6.45, 7) is 0. The van der Waals surface area contributed by atoms with Crippen LogP contribution < -0.4 is 15.2 Å². The van der Waals surface area contributed by atoms with Crippen molar-refractivity contribution in [2.24, 2.45) is 0 Å². The van der Waals surface area contributed by atoms with Crippen LogP contribution in [-0.4, -0.2) is 19.0 Å². The topological polar surface area (TPSA) is 61.5 Å². The van der Waals surface area contributed by atoms with Crippen LogP contribution in [-0.2, 0) is 0 Å². The first-order valence-corrected chi connectivity index (χ1v) is 8.20. The molecule has 2 aromatic rings. The average molecular weight is 561 g/mol. The van der Waals surface area contributed by atoms with Crippen molar-refractivity contribution in [3.8, 4) is 11.5 Å². The van der Waals surface area contributed by atoms with E-state index in [1.807, 2.05) is 0 Å². The van der Waals surface area contributed by atoms with Gasteiger partial charge in [-0.1, -0.05) is 22.0 Å². The average Bonchev–Trinajstić information content (AvgIpc) is 2.51. The van der Waals surface area contributed by atoms with Gasteiger partial charge in [-0.2, -0.15) is 0 Å². The molecule has 0 bridgehead atoms. The molecule has 156 valence electrons. The summed E-state index contributed by atoms with van der Waals surface area (Å²) < 4.78 is 78.7. The van der Waals surface area contributed by atoms with Gasteiger partial charge in [0.25, 0.3) is 0 Å². The number of alkyl halides is 6. The molecule has 0 aliphatic heterocycles. The van der Waals surface area contributed by atoms with Crippen LogP contribution in [0.3, 0.4) is 0 Å². The van der Waals surface area contributed by atoms with Crippen LogP contribution in [0.5, 0.6) is 11.5 Å². The fraction of sp³-hybridized carbons (Fsp3) is 0.133. The fourth-order valence-corrected chi connectivity index (χ4v) is 2.19. The van der Waals surface area contributed by atoms with Crippen molar-refractivity contribution in [3.05, 3.63) is 50.9 Å². The number of aldehydes is 1. The van der Waals surface area contributed by atoms with E-state index in [9.17, 15) is 31.1 Å². The first-order valence-electron chi connectivity index (χ1n) is 6.62.